The number of hydrogen-bond donors (Lipinski definition) is 1. The Morgan fingerprint density at radius 1 is 1.30 bits per heavy atom. The molecule has 108 valence electrons. The van der Waals surface area contributed by atoms with Crippen LogP contribution in [0.25, 0.3) is 0 Å². The van der Waals surface area contributed by atoms with Gasteiger partial charge in [0.2, 0.25) is 0 Å². The van der Waals surface area contributed by atoms with E-state index >= 15 is 0 Å². The summed E-state index contributed by atoms with van der Waals surface area (Å²) in [6.45, 7) is 0. The summed E-state index contributed by atoms with van der Waals surface area (Å²) in [4.78, 5) is 0.616. The van der Waals surface area contributed by atoms with Crippen LogP contribution in [0.5, 0.6) is 5.75 Å². The van der Waals surface area contributed by atoms with Crippen LogP contribution >= 0.6 is 11.3 Å². The second kappa shape index (κ2) is 5.85. The third kappa shape index (κ3) is 3.32. The largest absolute Gasteiger partial charge is 0.495 e. The fourth-order valence-electron chi connectivity index (χ4n) is 1.91. The third-order valence-corrected chi connectivity index (χ3v) is 3.86. The quantitative estimate of drug-likeness (QED) is 0.923. The number of rotatable bonds is 4. The summed E-state index contributed by atoms with van der Waals surface area (Å²) in [6.07, 6.45) is -5.14. The molecule has 0 saturated heterocycles. The molecule has 0 bridgehead atoms. The highest BCUT2D eigenvalue weighted by molar-refractivity contribution is 7.10. The molecule has 2 nitrogen and oxygen atoms in total. The highest BCUT2D eigenvalue weighted by Crippen LogP contribution is 2.34. The lowest BCUT2D eigenvalue weighted by atomic mass is 10.0. The lowest BCUT2D eigenvalue weighted by Crippen LogP contribution is -2.07. The maximum atomic E-state index is 12.6. The molecular formula is C14H13F3O2S. The predicted octanol–water partition coefficient (Wildman–Crippen LogP) is 4.05. The first-order chi connectivity index (χ1) is 9.41. The fourth-order valence-corrected chi connectivity index (χ4v) is 2.76. The van der Waals surface area contributed by atoms with Crippen LogP contribution in [0.4, 0.5) is 13.2 Å². The molecular weight excluding hydrogens is 289 g/mol. The van der Waals surface area contributed by atoms with Crippen LogP contribution in [0.1, 0.15) is 22.1 Å². The van der Waals surface area contributed by atoms with Crippen LogP contribution in [0, 0.1) is 0 Å². The first kappa shape index (κ1) is 14.9. The Kier molecular flexibility index (Phi) is 4.35. The number of hydrogen-bond acceptors (Lipinski definition) is 3. The van der Waals surface area contributed by atoms with Gasteiger partial charge in [-0.3, -0.25) is 0 Å². The van der Waals surface area contributed by atoms with Crippen molar-refractivity contribution in [3.63, 3.8) is 0 Å². The smallest absolute Gasteiger partial charge is 0.416 e. The van der Waals surface area contributed by atoms with Gasteiger partial charge < -0.3 is 9.84 Å². The van der Waals surface area contributed by atoms with Crippen molar-refractivity contribution in [2.75, 3.05) is 7.11 Å². The zero-order valence-electron chi connectivity index (χ0n) is 10.6. The van der Waals surface area contributed by atoms with Crippen molar-refractivity contribution < 1.29 is 23.0 Å². The van der Waals surface area contributed by atoms with E-state index in [1.807, 2.05) is 0 Å². The molecule has 0 aliphatic rings. The first-order valence-electron chi connectivity index (χ1n) is 5.87. The molecule has 2 rings (SSSR count). The average molecular weight is 302 g/mol. The van der Waals surface area contributed by atoms with Gasteiger partial charge in [0.15, 0.2) is 0 Å². The van der Waals surface area contributed by atoms with Crippen LogP contribution in [0.3, 0.4) is 0 Å². The molecule has 1 aromatic carbocycles. The van der Waals surface area contributed by atoms with Gasteiger partial charge in [0.05, 0.1) is 23.7 Å². The maximum Gasteiger partial charge on any atom is 0.416 e. The third-order valence-electron chi connectivity index (χ3n) is 2.86. The lowest BCUT2D eigenvalue weighted by molar-refractivity contribution is -0.137. The highest BCUT2D eigenvalue weighted by Gasteiger charge is 2.30. The Bertz CT molecular complexity index is 578. The molecule has 20 heavy (non-hydrogen) atoms. The van der Waals surface area contributed by atoms with Gasteiger partial charge in [0.1, 0.15) is 5.75 Å². The van der Waals surface area contributed by atoms with Crippen molar-refractivity contribution in [2.24, 2.45) is 0 Å². The van der Waals surface area contributed by atoms with E-state index in [0.29, 0.717) is 16.2 Å². The Balaban J connectivity index is 2.18. The number of aliphatic hydroxyl groups is 1. The fraction of sp³-hybridized carbons (Fsp3) is 0.286. The molecule has 1 unspecified atom stereocenters. The van der Waals surface area contributed by atoms with Crippen LogP contribution in [-0.4, -0.2) is 12.2 Å². The zero-order chi connectivity index (χ0) is 14.8. The van der Waals surface area contributed by atoms with Crippen molar-refractivity contribution in [1.29, 1.82) is 0 Å². The zero-order valence-corrected chi connectivity index (χ0v) is 11.5. The number of methoxy groups -OCH3 is 1. The number of halogens is 3. The van der Waals surface area contributed by atoms with Gasteiger partial charge in [-0.05, 0) is 23.1 Å². The molecule has 0 spiro atoms. The molecule has 0 amide bonds. The summed E-state index contributed by atoms with van der Waals surface area (Å²) in [7, 11) is 1.49. The molecule has 0 saturated carbocycles. The number of alkyl halides is 3. The maximum absolute atomic E-state index is 12.6. The molecule has 0 aliphatic carbocycles. The molecule has 2 aromatic rings. The molecule has 1 N–H and O–H groups in total. The van der Waals surface area contributed by atoms with Crippen LogP contribution in [-0.2, 0) is 12.6 Å². The van der Waals surface area contributed by atoms with Crippen molar-refractivity contribution in [2.45, 2.75) is 18.7 Å². The van der Waals surface area contributed by atoms with E-state index in [4.69, 9.17) is 4.74 Å². The molecule has 6 heteroatoms. The van der Waals surface area contributed by atoms with Crippen molar-refractivity contribution in [3.8, 4) is 5.75 Å². The van der Waals surface area contributed by atoms with E-state index in [9.17, 15) is 18.3 Å². The SMILES string of the molecule is COc1ccsc1C(O)Cc1cccc(C(F)(F)F)c1. The average Bonchev–Trinajstić information content (AvgIpc) is 2.86. The molecule has 1 aromatic heterocycles. The van der Waals surface area contributed by atoms with Crippen molar-refractivity contribution >= 4 is 11.3 Å². The monoisotopic (exact) mass is 302 g/mol. The van der Waals surface area contributed by atoms with Gasteiger partial charge in [-0.2, -0.15) is 13.2 Å². The van der Waals surface area contributed by atoms with Gasteiger partial charge in [0, 0.05) is 6.42 Å². The summed E-state index contributed by atoms with van der Waals surface area (Å²) in [5.74, 6) is 0.550. The van der Waals surface area contributed by atoms with Crippen molar-refractivity contribution in [1.82, 2.24) is 0 Å². The molecule has 0 aliphatic heterocycles. The molecule has 1 atom stereocenters. The van der Waals surface area contributed by atoms with E-state index in [1.165, 1.54) is 24.5 Å². The lowest BCUT2D eigenvalue weighted by Gasteiger charge is -2.13. The van der Waals surface area contributed by atoms with Gasteiger partial charge in [-0.1, -0.05) is 18.2 Å². The van der Waals surface area contributed by atoms with Crippen LogP contribution in [0.15, 0.2) is 35.7 Å². The summed E-state index contributed by atoms with van der Waals surface area (Å²) >= 11 is 1.31. The van der Waals surface area contributed by atoms with E-state index in [0.717, 1.165) is 12.1 Å². The molecule has 1 heterocycles. The van der Waals surface area contributed by atoms with Gasteiger partial charge in [-0.25, -0.2) is 0 Å². The van der Waals surface area contributed by atoms with Gasteiger partial charge in [0.25, 0.3) is 0 Å². The summed E-state index contributed by atoms with van der Waals surface area (Å²) < 4.78 is 42.9. The Hall–Kier alpha value is -1.53. The predicted molar refractivity (Wildman–Crippen MR) is 71.0 cm³/mol. The number of aliphatic hydroxyl groups excluding tert-OH is 1. The second-order valence-corrected chi connectivity index (χ2v) is 5.22. The summed E-state index contributed by atoms with van der Waals surface area (Å²) in [5.41, 5.74) is -0.275. The molecule has 0 radical (unpaired) electrons. The van der Waals surface area contributed by atoms with Gasteiger partial charge in [-0.15, -0.1) is 11.3 Å². The van der Waals surface area contributed by atoms with E-state index in [2.05, 4.69) is 0 Å². The number of ether oxygens (including phenoxy) is 1. The minimum Gasteiger partial charge on any atom is -0.495 e. The van der Waals surface area contributed by atoms with Crippen LogP contribution in [0.2, 0.25) is 0 Å². The molecule has 0 fully saturated rings. The minimum absolute atomic E-state index is 0.112. The highest BCUT2D eigenvalue weighted by atomic mass is 32.1. The Morgan fingerprint density at radius 2 is 2.05 bits per heavy atom. The number of benzene rings is 1. The standard InChI is InChI=1S/C14H13F3O2S/c1-19-12-5-6-20-13(12)11(18)8-9-3-2-4-10(7-9)14(15,16)17/h2-7,11,18H,8H2,1H3. The van der Waals surface area contributed by atoms with Crippen LogP contribution < -0.4 is 4.74 Å². The second-order valence-electron chi connectivity index (χ2n) is 4.27. The van der Waals surface area contributed by atoms with E-state index in [1.54, 1.807) is 17.5 Å². The normalized spacial score (nSPS) is 13.2. The van der Waals surface area contributed by atoms with E-state index in [-0.39, 0.29) is 6.42 Å². The van der Waals surface area contributed by atoms with E-state index < -0.39 is 17.8 Å². The Morgan fingerprint density at radius 3 is 2.70 bits per heavy atom. The summed E-state index contributed by atoms with van der Waals surface area (Å²) in [5, 5.41) is 11.9. The minimum atomic E-state index is -4.37. The van der Waals surface area contributed by atoms with Gasteiger partial charge >= 0.3 is 6.18 Å². The summed E-state index contributed by atoms with van der Waals surface area (Å²) in [6, 6.07) is 6.70. The Labute approximate surface area is 118 Å². The van der Waals surface area contributed by atoms with Crippen molar-refractivity contribution in [3.05, 3.63) is 51.7 Å². The number of thiophene rings is 1. The topological polar surface area (TPSA) is 29.5 Å². The first-order valence-corrected chi connectivity index (χ1v) is 6.75.